The van der Waals surface area contributed by atoms with Crippen molar-refractivity contribution in [3.63, 3.8) is 0 Å². The summed E-state index contributed by atoms with van der Waals surface area (Å²) in [5.74, 6) is 1.19. The molecule has 1 atom stereocenters. The summed E-state index contributed by atoms with van der Waals surface area (Å²) in [4.78, 5) is 6.82. The van der Waals surface area contributed by atoms with Gasteiger partial charge in [0.1, 0.15) is 11.4 Å². The van der Waals surface area contributed by atoms with Crippen LogP contribution in [0.3, 0.4) is 0 Å². The van der Waals surface area contributed by atoms with E-state index in [0.29, 0.717) is 24.8 Å². The van der Waals surface area contributed by atoms with Gasteiger partial charge in [-0.1, -0.05) is 24.3 Å². The monoisotopic (exact) mass is 358 g/mol. The molecule has 6 nitrogen and oxygen atoms in total. The molecule has 0 fully saturated rings. The summed E-state index contributed by atoms with van der Waals surface area (Å²) >= 11 is 0. The minimum atomic E-state index is -1.11. The highest BCUT2D eigenvalue weighted by atomic mass is 16.4. The average Bonchev–Trinajstić information content (AvgIpc) is 3.13. The van der Waals surface area contributed by atoms with E-state index in [-0.39, 0.29) is 0 Å². The highest BCUT2D eigenvalue weighted by Crippen LogP contribution is 2.19. The normalized spacial score (nSPS) is 14.3. The molecule has 3 N–H and O–H groups in total. The number of rotatable bonds is 8. The number of guanidine groups is 1. The van der Waals surface area contributed by atoms with Crippen LogP contribution in [0.2, 0.25) is 0 Å². The molecule has 26 heavy (non-hydrogen) atoms. The van der Waals surface area contributed by atoms with Crippen LogP contribution in [0.5, 0.6) is 0 Å². The predicted molar refractivity (Wildman–Crippen MR) is 105 cm³/mol. The van der Waals surface area contributed by atoms with Gasteiger partial charge in [-0.3, -0.25) is 0 Å². The third-order valence-corrected chi connectivity index (χ3v) is 4.01. The molecule has 0 saturated heterocycles. The summed E-state index contributed by atoms with van der Waals surface area (Å²) in [6.07, 6.45) is 1.56. The SMILES string of the molecule is CCNC(=NCc1ccccc1CN(C)C)NCC(C)(O)c1ccco1. The smallest absolute Gasteiger partial charge is 0.191 e. The lowest BCUT2D eigenvalue weighted by Gasteiger charge is -2.22. The zero-order valence-corrected chi connectivity index (χ0v) is 16.1. The Morgan fingerprint density at radius 3 is 2.50 bits per heavy atom. The summed E-state index contributed by atoms with van der Waals surface area (Å²) in [5.41, 5.74) is 1.35. The molecular formula is C20H30N4O2. The van der Waals surface area contributed by atoms with Gasteiger partial charge in [-0.15, -0.1) is 0 Å². The van der Waals surface area contributed by atoms with Gasteiger partial charge in [0.2, 0.25) is 0 Å². The van der Waals surface area contributed by atoms with Crippen LogP contribution in [0.15, 0.2) is 52.1 Å². The van der Waals surface area contributed by atoms with E-state index in [1.807, 2.05) is 13.0 Å². The fourth-order valence-corrected chi connectivity index (χ4v) is 2.64. The maximum absolute atomic E-state index is 10.6. The van der Waals surface area contributed by atoms with E-state index in [0.717, 1.165) is 13.1 Å². The number of furan rings is 1. The third-order valence-electron chi connectivity index (χ3n) is 4.01. The van der Waals surface area contributed by atoms with Crippen molar-refractivity contribution in [1.82, 2.24) is 15.5 Å². The van der Waals surface area contributed by atoms with Gasteiger partial charge in [0.15, 0.2) is 5.96 Å². The highest BCUT2D eigenvalue weighted by Gasteiger charge is 2.26. The Balaban J connectivity index is 2.05. The molecule has 2 aromatic rings. The van der Waals surface area contributed by atoms with Crippen molar-refractivity contribution in [1.29, 1.82) is 0 Å². The van der Waals surface area contributed by atoms with Crippen LogP contribution in [0.4, 0.5) is 0 Å². The Morgan fingerprint density at radius 1 is 1.15 bits per heavy atom. The minimum Gasteiger partial charge on any atom is -0.466 e. The standard InChI is InChI=1S/C20H30N4O2/c1-5-21-19(23-15-20(2,25)18-11-8-12-26-18)22-13-16-9-6-7-10-17(16)14-24(3)4/h6-12,25H,5,13-15H2,1-4H3,(H2,21,22,23). The predicted octanol–water partition coefficient (Wildman–Crippen LogP) is 2.30. The first kappa shape index (κ1) is 20.0. The lowest BCUT2D eigenvalue weighted by atomic mass is 10.0. The Morgan fingerprint density at radius 2 is 1.88 bits per heavy atom. The average molecular weight is 358 g/mol. The Labute approximate surface area is 155 Å². The molecule has 142 valence electrons. The number of aliphatic hydroxyl groups is 1. The number of nitrogens with zero attached hydrogens (tertiary/aromatic N) is 2. The van der Waals surface area contributed by atoms with E-state index >= 15 is 0 Å². The van der Waals surface area contributed by atoms with Crippen molar-refractivity contribution >= 4 is 5.96 Å². The first-order valence-corrected chi connectivity index (χ1v) is 8.92. The lowest BCUT2D eigenvalue weighted by Crippen LogP contribution is -2.44. The summed E-state index contributed by atoms with van der Waals surface area (Å²) in [6.45, 7) is 6.22. The lowest BCUT2D eigenvalue weighted by molar-refractivity contribution is 0.0386. The van der Waals surface area contributed by atoms with Crippen molar-refractivity contribution in [2.75, 3.05) is 27.2 Å². The number of nitrogens with one attached hydrogen (secondary N) is 2. The Hall–Kier alpha value is -2.31. The van der Waals surface area contributed by atoms with Gasteiger partial charge < -0.3 is 25.1 Å². The van der Waals surface area contributed by atoms with E-state index in [4.69, 9.17) is 4.42 Å². The molecule has 2 rings (SSSR count). The number of hydrogen-bond acceptors (Lipinski definition) is 4. The Kier molecular flexibility index (Phi) is 7.24. The molecule has 0 bridgehead atoms. The fraction of sp³-hybridized carbons (Fsp3) is 0.450. The Bertz CT molecular complexity index is 694. The number of benzene rings is 1. The van der Waals surface area contributed by atoms with Gasteiger partial charge in [-0.25, -0.2) is 4.99 Å². The molecule has 0 spiro atoms. The van der Waals surface area contributed by atoms with Gasteiger partial charge in [0.25, 0.3) is 0 Å². The van der Waals surface area contributed by atoms with Crippen LogP contribution in [-0.4, -0.2) is 43.2 Å². The minimum absolute atomic E-state index is 0.297. The van der Waals surface area contributed by atoms with Crippen molar-refractivity contribution in [2.45, 2.75) is 32.5 Å². The maximum atomic E-state index is 10.6. The quantitative estimate of drug-likeness (QED) is 0.499. The summed E-state index contributed by atoms with van der Waals surface area (Å²) in [6, 6.07) is 11.9. The van der Waals surface area contributed by atoms with Crippen LogP contribution in [0.25, 0.3) is 0 Å². The molecule has 0 aliphatic rings. The third kappa shape index (κ3) is 5.89. The fourth-order valence-electron chi connectivity index (χ4n) is 2.64. The van der Waals surface area contributed by atoms with Gasteiger partial charge in [0.05, 0.1) is 19.4 Å². The second kappa shape index (κ2) is 9.40. The number of aliphatic imine (C=N–C) groups is 1. The van der Waals surface area contributed by atoms with Crippen LogP contribution in [0, 0.1) is 0 Å². The van der Waals surface area contributed by atoms with E-state index in [1.54, 1.807) is 25.3 Å². The maximum Gasteiger partial charge on any atom is 0.191 e. The first-order chi connectivity index (χ1) is 12.4. The van der Waals surface area contributed by atoms with Gasteiger partial charge in [0, 0.05) is 13.1 Å². The van der Waals surface area contributed by atoms with Crippen LogP contribution in [0.1, 0.15) is 30.7 Å². The molecular weight excluding hydrogens is 328 g/mol. The molecule has 0 radical (unpaired) electrons. The molecule has 0 saturated carbocycles. The second-order valence-electron chi connectivity index (χ2n) is 6.81. The zero-order chi connectivity index (χ0) is 19.0. The van der Waals surface area contributed by atoms with E-state index in [1.165, 1.54) is 11.1 Å². The molecule has 0 aliphatic heterocycles. The number of hydrogen-bond donors (Lipinski definition) is 3. The van der Waals surface area contributed by atoms with E-state index < -0.39 is 5.60 Å². The largest absolute Gasteiger partial charge is 0.466 e. The topological polar surface area (TPSA) is 73.0 Å². The van der Waals surface area contributed by atoms with Crippen LogP contribution < -0.4 is 10.6 Å². The molecule has 6 heteroatoms. The molecule has 1 aromatic heterocycles. The molecule has 1 heterocycles. The molecule has 1 unspecified atom stereocenters. The van der Waals surface area contributed by atoms with Crippen LogP contribution in [-0.2, 0) is 18.7 Å². The van der Waals surface area contributed by atoms with Gasteiger partial charge in [-0.05, 0) is 51.2 Å². The van der Waals surface area contributed by atoms with Gasteiger partial charge >= 0.3 is 0 Å². The van der Waals surface area contributed by atoms with Crippen LogP contribution >= 0.6 is 0 Å². The first-order valence-electron chi connectivity index (χ1n) is 8.92. The molecule has 1 aromatic carbocycles. The van der Waals surface area contributed by atoms with Gasteiger partial charge in [-0.2, -0.15) is 0 Å². The van der Waals surface area contributed by atoms with Crippen molar-refractivity contribution < 1.29 is 9.52 Å². The zero-order valence-electron chi connectivity index (χ0n) is 16.1. The summed E-state index contributed by atoms with van der Waals surface area (Å²) in [5, 5.41) is 17.0. The highest BCUT2D eigenvalue weighted by molar-refractivity contribution is 5.79. The van der Waals surface area contributed by atoms with E-state index in [9.17, 15) is 5.11 Å². The summed E-state index contributed by atoms with van der Waals surface area (Å²) in [7, 11) is 4.12. The summed E-state index contributed by atoms with van der Waals surface area (Å²) < 4.78 is 5.32. The van der Waals surface area contributed by atoms with E-state index in [2.05, 4.69) is 52.8 Å². The second-order valence-corrected chi connectivity index (χ2v) is 6.81. The van der Waals surface area contributed by atoms with Crippen molar-refractivity contribution in [3.8, 4) is 0 Å². The molecule has 0 amide bonds. The van der Waals surface area contributed by atoms with Crippen molar-refractivity contribution in [3.05, 3.63) is 59.5 Å². The molecule has 0 aliphatic carbocycles. The van der Waals surface area contributed by atoms with Crippen molar-refractivity contribution in [2.24, 2.45) is 4.99 Å².